The van der Waals surface area contributed by atoms with Crippen molar-refractivity contribution in [1.29, 1.82) is 0 Å². The van der Waals surface area contributed by atoms with Crippen LogP contribution in [-0.4, -0.2) is 40.1 Å². The molecule has 1 heterocycles. The van der Waals surface area contributed by atoms with Crippen LogP contribution in [0.15, 0.2) is 91.0 Å². The van der Waals surface area contributed by atoms with Crippen molar-refractivity contribution in [3.63, 3.8) is 0 Å². The molecule has 36 heavy (non-hydrogen) atoms. The van der Waals surface area contributed by atoms with Gasteiger partial charge in [0.25, 0.3) is 8.32 Å². The first-order valence-electron chi connectivity index (χ1n) is 13.4. The summed E-state index contributed by atoms with van der Waals surface area (Å²) in [6, 6.07) is 36.1. The van der Waals surface area contributed by atoms with Gasteiger partial charge in [-0.15, -0.1) is 0 Å². The molecular weight excluding hydrogens is 509 g/mol. The van der Waals surface area contributed by atoms with Crippen LogP contribution < -0.4 is 15.6 Å². The van der Waals surface area contributed by atoms with Crippen molar-refractivity contribution in [2.45, 2.75) is 63.7 Å². The van der Waals surface area contributed by atoms with Gasteiger partial charge in [-0.1, -0.05) is 97.4 Å². The SMILES string of the molecule is C[Si]1(C)CCCCO[Si](C)(CC[Si](C)(C)O[Si](c2ccccc2)(c2ccccc2)c2ccccc2)O1. The summed E-state index contributed by atoms with van der Waals surface area (Å²) >= 11 is 0. The van der Waals surface area contributed by atoms with Crippen LogP contribution in [0.3, 0.4) is 0 Å². The van der Waals surface area contributed by atoms with E-state index < -0.39 is 33.5 Å². The predicted octanol–water partition coefficient (Wildman–Crippen LogP) is 5.98. The third kappa shape index (κ3) is 6.64. The third-order valence-corrected chi connectivity index (χ3v) is 23.5. The van der Waals surface area contributed by atoms with Gasteiger partial charge in [0.15, 0.2) is 16.6 Å². The van der Waals surface area contributed by atoms with E-state index in [1.54, 1.807) is 0 Å². The first-order chi connectivity index (χ1) is 17.1. The van der Waals surface area contributed by atoms with E-state index in [0.717, 1.165) is 25.1 Å². The lowest BCUT2D eigenvalue weighted by atomic mass is 10.3. The number of benzene rings is 3. The minimum Gasteiger partial charge on any atom is -0.446 e. The standard InChI is InChI=1S/C29H42O3Si4/c1-33(2)24-16-15-23-30-35(5,31-33)26-25-34(3,4)32-36(27-17-9-6-10-18-27,28-19-11-7-12-20-28)29-21-13-8-14-22-29/h6-14,17-22H,15-16,23-26H2,1-5H3. The molecule has 192 valence electrons. The Hall–Kier alpha value is -1.59. The van der Waals surface area contributed by atoms with Crippen LogP contribution >= 0.6 is 0 Å². The average Bonchev–Trinajstić information content (AvgIpc) is 2.86. The van der Waals surface area contributed by atoms with Gasteiger partial charge < -0.3 is 12.7 Å². The second-order valence-electron chi connectivity index (χ2n) is 11.4. The second kappa shape index (κ2) is 11.4. The van der Waals surface area contributed by atoms with Crippen molar-refractivity contribution in [2.75, 3.05) is 6.61 Å². The van der Waals surface area contributed by atoms with Crippen LogP contribution in [0.1, 0.15) is 12.8 Å². The van der Waals surface area contributed by atoms with Crippen molar-refractivity contribution in [3.05, 3.63) is 91.0 Å². The molecule has 3 nitrogen and oxygen atoms in total. The highest BCUT2D eigenvalue weighted by atomic mass is 28.4. The molecule has 0 bridgehead atoms. The third-order valence-electron chi connectivity index (χ3n) is 7.22. The van der Waals surface area contributed by atoms with E-state index in [4.69, 9.17) is 12.7 Å². The fraction of sp³-hybridized carbons (Fsp3) is 0.379. The predicted molar refractivity (Wildman–Crippen MR) is 162 cm³/mol. The number of hydrogen-bond donors (Lipinski definition) is 0. The van der Waals surface area contributed by atoms with Crippen LogP contribution in [-0.2, 0) is 12.7 Å². The zero-order chi connectivity index (χ0) is 25.7. The Bertz CT molecular complexity index is 997. The molecule has 3 aromatic rings. The van der Waals surface area contributed by atoms with Crippen LogP contribution in [0.4, 0.5) is 0 Å². The summed E-state index contributed by atoms with van der Waals surface area (Å²) in [5.41, 5.74) is 0. The van der Waals surface area contributed by atoms with Crippen molar-refractivity contribution in [2.24, 2.45) is 0 Å². The lowest BCUT2D eigenvalue weighted by Crippen LogP contribution is -2.72. The van der Waals surface area contributed by atoms with Gasteiger partial charge in [-0.25, -0.2) is 0 Å². The topological polar surface area (TPSA) is 27.7 Å². The molecule has 1 atom stereocenters. The summed E-state index contributed by atoms with van der Waals surface area (Å²) in [4.78, 5) is 0. The maximum Gasteiger partial charge on any atom is 0.324 e. The Kier molecular flexibility index (Phi) is 8.71. The summed E-state index contributed by atoms with van der Waals surface area (Å²) < 4.78 is 21.0. The highest BCUT2D eigenvalue weighted by molar-refractivity contribution is 7.10. The van der Waals surface area contributed by atoms with Crippen molar-refractivity contribution in [1.82, 2.24) is 0 Å². The van der Waals surface area contributed by atoms with Crippen LogP contribution in [0.2, 0.25) is 50.9 Å². The van der Waals surface area contributed by atoms with E-state index in [1.165, 1.54) is 28.0 Å². The lowest BCUT2D eigenvalue weighted by molar-refractivity contribution is 0.226. The van der Waals surface area contributed by atoms with E-state index in [-0.39, 0.29) is 0 Å². The minimum atomic E-state index is -2.71. The molecule has 0 aromatic heterocycles. The van der Waals surface area contributed by atoms with Crippen molar-refractivity contribution < 1.29 is 12.7 Å². The van der Waals surface area contributed by atoms with Gasteiger partial charge in [0.2, 0.25) is 0 Å². The van der Waals surface area contributed by atoms with E-state index >= 15 is 0 Å². The molecule has 0 spiro atoms. The van der Waals surface area contributed by atoms with Crippen LogP contribution in [0.25, 0.3) is 0 Å². The van der Waals surface area contributed by atoms with Crippen molar-refractivity contribution >= 4 is 49.1 Å². The molecule has 1 unspecified atom stereocenters. The normalized spacial score (nSPS) is 20.9. The molecule has 0 saturated carbocycles. The van der Waals surface area contributed by atoms with Gasteiger partial charge >= 0.3 is 8.56 Å². The van der Waals surface area contributed by atoms with Crippen molar-refractivity contribution in [3.8, 4) is 0 Å². The molecule has 7 heteroatoms. The first kappa shape index (κ1) is 27.4. The van der Waals surface area contributed by atoms with E-state index in [1.807, 2.05) is 0 Å². The molecule has 0 N–H and O–H groups in total. The van der Waals surface area contributed by atoms with Gasteiger partial charge in [-0.05, 0) is 72.8 Å². The Morgan fingerprint density at radius 2 is 1.19 bits per heavy atom. The molecule has 1 aliphatic heterocycles. The molecule has 1 fully saturated rings. The highest BCUT2D eigenvalue weighted by Crippen LogP contribution is 2.31. The molecule has 3 aromatic carbocycles. The number of hydrogen-bond acceptors (Lipinski definition) is 3. The first-order valence-corrected chi connectivity index (χ1v) is 24.0. The zero-order valence-corrected chi connectivity index (χ0v) is 26.6. The lowest BCUT2D eigenvalue weighted by Gasteiger charge is -2.42. The van der Waals surface area contributed by atoms with E-state index in [0.29, 0.717) is 0 Å². The van der Waals surface area contributed by atoms with Gasteiger partial charge in [-0.2, -0.15) is 0 Å². The minimum absolute atomic E-state index is 0.840. The van der Waals surface area contributed by atoms with Gasteiger partial charge in [-0.3, -0.25) is 0 Å². The van der Waals surface area contributed by atoms with Crippen LogP contribution in [0, 0.1) is 0 Å². The number of rotatable bonds is 8. The molecule has 0 radical (unpaired) electrons. The maximum absolute atomic E-state index is 7.63. The van der Waals surface area contributed by atoms with Gasteiger partial charge in [0.1, 0.15) is 0 Å². The Morgan fingerprint density at radius 3 is 1.67 bits per heavy atom. The largest absolute Gasteiger partial charge is 0.446 e. The quantitative estimate of drug-likeness (QED) is 0.255. The summed E-state index contributed by atoms with van der Waals surface area (Å²) in [6.45, 7) is 12.7. The van der Waals surface area contributed by atoms with Gasteiger partial charge in [0.05, 0.1) is 0 Å². The monoisotopic (exact) mass is 550 g/mol. The molecule has 0 amide bonds. The van der Waals surface area contributed by atoms with E-state index in [9.17, 15) is 0 Å². The van der Waals surface area contributed by atoms with Crippen LogP contribution in [0.5, 0.6) is 0 Å². The zero-order valence-electron chi connectivity index (χ0n) is 22.6. The molecule has 1 saturated heterocycles. The molecular formula is C29H42O3Si4. The summed E-state index contributed by atoms with van der Waals surface area (Å²) in [7, 11) is -8.79. The second-order valence-corrected chi connectivity index (χ2v) is 27.3. The maximum atomic E-state index is 7.63. The Balaban J connectivity index is 1.70. The highest BCUT2D eigenvalue weighted by Gasteiger charge is 2.48. The fourth-order valence-electron chi connectivity index (χ4n) is 5.42. The fourth-order valence-corrected chi connectivity index (χ4v) is 25.3. The van der Waals surface area contributed by atoms with Gasteiger partial charge in [0, 0.05) is 6.61 Å². The molecule has 4 rings (SSSR count). The summed E-state index contributed by atoms with van der Waals surface area (Å²) in [5, 5.41) is 3.91. The molecule has 0 aliphatic carbocycles. The average molecular weight is 551 g/mol. The van der Waals surface area contributed by atoms with E-state index in [2.05, 4.69) is 124 Å². The molecule has 1 aliphatic rings. The smallest absolute Gasteiger partial charge is 0.324 e. The Labute approximate surface area is 222 Å². The Morgan fingerprint density at radius 1 is 0.722 bits per heavy atom. The summed E-state index contributed by atoms with van der Waals surface area (Å²) in [6.07, 6.45) is 2.39. The summed E-state index contributed by atoms with van der Waals surface area (Å²) in [5.74, 6) is 0.